The normalized spacial score (nSPS) is 18.4. The highest BCUT2D eigenvalue weighted by Crippen LogP contribution is 2.18. The van der Waals surface area contributed by atoms with E-state index in [0.29, 0.717) is 19.3 Å². The number of hydroxylamine groups is 1. The number of Topliss-reactive ketones (excluding diaryl/α,β-unsaturated/α-hetero) is 2. The third-order valence-corrected chi connectivity index (χ3v) is 4.61. The summed E-state index contributed by atoms with van der Waals surface area (Å²) in [5, 5.41) is 2.61. The van der Waals surface area contributed by atoms with Crippen LogP contribution in [0.1, 0.15) is 45.1 Å². The fraction of sp³-hybridized carbons (Fsp3) is 0.524. The van der Waals surface area contributed by atoms with Crippen LogP contribution in [0.15, 0.2) is 30.3 Å². The first kappa shape index (κ1) is 22.5. The van der Waals surface area contributed by atoms with Gasteiger partial charge in [0.1, 0.15) is 6.61 Å². The van der Waals surface area contributed by atoms with Crippen LogP contribution in [0.2, 0.25) is 0 Å². The number of hydrogen-bond acceptors (Lipinski definition) is 6. The zero-order valence-electron chi connectivity index (χ0n) is 16.8. The Morgan fingerprint density at radius 2 is 1.97 bits per heavy atom. The molecule has 1 aliphatic rings. The number of benzene rings is 1. The Morgan fingerprint density at radius 1 is 1.24 bits per heavy atom. The van der Waals surface area contributed by atoms with E-state index >= 15 is 0 Å². The second kappa shape index (κ2) is 11.3. The van der Waals surface area contributed by atoms with Gasteiger partial charge in [0.05, 0.1) is 12.6 Å². The smallest absolute Gasteiger partial charge is 0.408 e. The summed E-state index contributed by atoms with van der Waals surface area (Å²) < 4.78 is 5.21. The van der Waals surface area contributed by atoms with Gasteiger partial charge in [0.15, 0.2) is 5.78 Å². The Balaban J connectivity index is 1.96. The Kier molecular flexibility index (Phi) is 8.79. The van der Waals surface area contributed by atoms with Gasteiger partial charge in [0.25, 0.3) is 0 Å². The minimum Gasteiger partial charge on any atom is -0.445 e. The first-order valence-corrected chi connectivity index (χ1v) is 9.82. The Bertz CT molecular complexity index is 719. The number of ketones is 2. The van der Waals surface area contributed by atoms with Crippen molar-refractivity contribution in [3.05, 3.63) is 35.9 Å². The monoisotopic (exact) mass is 404 g/mol. The highest BCUT2D eigenvalue weighted by molar-refractivity contribution is 6.37. The Labute approximate surface area is 170 Å². The standard InChI is InChI=1S/C21H28N2O6/c1-14(2)11-17(22-21(27)28-13-15-7-4-3-5-8-15)18(24)12-16-9-6-10-29-23-20(26)19(16)25/h3-5,7-8,14,16-17H,6,9-13H2,1-2H3,(H,22,27)(H,23,26). The zero-order valence-corrected chi connectivity index (χ0v) is 16.8. The van der Waals surface area contributed by atoms with Crippen LogP contribution in [0, 0.1) is 11.8 Å². The highest BCUT2D eigenvalue weighted by atomic mass is 16.7. The largest absolute Gasteiger partial charge is 0.445 e. The number of carbonyl (C=O) groups excluding carboxylic acids is 4. The molecule has 0 spiro atoms. The van der Waals surface area contributed by atoms with E-state index in [4.69, 9.17) is 9.57 Å². The van der Waals surface area contributed by atoms with Crippen molar-refractivity contribution in [2.75, 3.05) is 6.61 Å². The lowest BCUT2D eigenvalue weighted by atomic mass is 9.88. The summed E-state index contributed by atoms with van der Waals surface area (Å²) in [6.45, 7) is 4.24. The van der Waals surface area contributed by atoms with E-state index in [-0.39, 0.29) is 31.3 Å². The van der Waals surface area contributed by atoms with Crippen LogP contribution in [0.4, 0.5) is 4.79 Å². The molecule has 2 atom stereocenters. The molecule has 0 aromatic heterocycles. The van der Waals surface area contributed by atoms with E-state index in [0.717, 1.165) is 5.56 Å². The molecule has 0 radical (unpaired) electrons. The number of ether oxygens (including phenoxy) is 1. The summed E-state index contributed by atoms with van der Waals surface area (Å²) in [5.41, 5.74) is 2.91. The van der Waals surface area contributed by atoms with Crippen LogP contribution >= 0.6 is 0 Å². The minimum atomic E-state index is -0.849. The molecule has 1 saturated heterocycles. The maximum absolute atomic E-state index is 12.8. The van der Waals surface area contributed by atoms with Crippen molar-refractivity contribution >= 4 is 23.6 Å². The Hall–Kier alpha value is -2.74. The minimum absolute atomic E-state index is 0.0938. The van der Waals surface area contributed by atoms with Gasteiger partial charge in [0, 0.05) is 12.3 Å². The molecule has 2 amide bonds. The third-order valence-electron chi connectivity index (χ3n) is 4.61. The molecule has 0 bridgehead atoms. The topological polar surface area (TPSA) is 111 Å². The van der Waals surface area contributed by atoms with Crippen molar-refractivity contribution in [1.29, 1.82) is 0 Å². The van der Waals surface area contributed by atoms with E-state index in [1.807, 2.05) is 44.2 Å². The molecule has 2 N–H and O–H groups in total. The third kappa shape index (κ3) is 7.65. The SMILES string of the molecule is CC(C)CC(NC(=O)OCc1ccccc1)C(=O)CC1CCCONC(=O)C1=O. The van der Waals surface area contributed by atoms with Gasteiger partial charge in [-0.15, -0.1) is 0 Å². The zero-order chi connectivity index (χ0) is 21.2. The van der Waals surface area contributed by atoms with Crippen molar-refractivity contribution in [2.24, 2.45) is 11.8 Å². The molecule has 8 nitrogen and oxygen atoms in total. The average Bonchev–Trinajstić information content (AvgIpc) is 2.69. The lowest BCUT2D eigenvalue weighted by Crippen LogP contribution is -2.44. The number of alkyl carbamates (subject to hydrolysis) is 1. The van der Waals surface area contributed by atoms with Crippen molar-refractivity contribution in [1.82, 2.24) is 10.8 Å². The van der Waals surface area contributed by atoms with E-state index in [1.54, 1.807) is 0 Å². The highest BCUT2D eigenvalue weighted by Gasteiger charge is 2.32. The molecule has 2 rings (SSSR count). The molecule has 29 heavy (non-hydrogen) atoms. The van der Waals surface area contributed by atoms with Crippen LogP contribution < -0.4 is 10.8 Å². The van der Waals surface area contributed by atoms with Crippen molar-refractivity contribution < 1.29 is 28.8 Å². The predicted octanol–water partition coefficient (Wildman–Crippen LogP) is 2.31. The van der Waals surface area contributed by atoms with Gasteiger partial charge in [-0.05, 0) is 30.7 Å². The summed E-state index contributed by atoms with van der Waals surface area (Å²) in [4.78, 5) is 53.8. The second-order valence-corrected chi connectivity index (χ2v) is 7.54. The van der Waals surface area contributed by atoms with E-state index in [9.17, 15) is 19.2 Å². The van der Waals surface area contributed by atoms with Crippen molar-refractivity contribution in [3.63, 3.8) is 0 Å². The van der Waals surface area contributed by atoms with E-state index < -0.39 is 29.7 Å². The molecule has 1 heterocycles. The van der Waals surface area contributed by atoms with Gasteiger partial charge in [-0.2, -0.15) is 0 Å². The molecule has 1 aromatic carbocycles. The van der Waals surface area contributed by atoms with Crippen LogP contribution in [-0.2, 0) is 30.6 Å². The first-order valence-electron chi connectivity index (χ1n) is 9.82. The number of nitrogens with one attached hydrogen (secondary N) is 2. The van der Waals surface area contributed by atoms with Gasteiger partial charge < -0.3 is 10.1 Å². The van der Waals surface area contributed by atoms with Gasteiger partial charge in [-0.3, -0.25) is 19.2 Å². The van der Waals surface area contributed by atoms with Crippen LogP contribution in [0.5, 0.6) is 0 Å². The summed E-state index contributed by atoms with van der Waals surface area (Å²) in [7, 11) is 0. The molecule has 1 fully saturated rings. The Morgan fingerprint density at radius 3 is 2.66 bits per heavy atom. The number of amides is 2. The molecule has 158 valence electrons. The number of rotatable bonds is 8. The quantitative estimate of drug-likeness (QED) is 0.643. The summed E-state index contributed by atoms with van der Waals surface area (Å²) >= 11 is 0. The fourth-order valence-corrected chi connectivity index (χ4v) is 3.11. The van der Waals surface area contributed by atoms with Crippen molar-refractivity contribution in [3.8, 4) is 0 Å². The van der Waals surface area contributed by atoms with E-state index in [2.05, 4.69) is 10.8 Å². The lowest BCUT2D eigenvalue weighted by Gasteiger charge is -2.23. The van der Waals surface area contributed by atoms with Crippen LogP contribution in [0.3, 0.4) is 0 Å². The second-order valence-electron chi connectivity index (χ2n) is 7.54. The van der Waals surface area contributed by atoms with E-state index in [1.165, 1.54) is 0 Å². The maximum atomic E-state index is 12.8. The van der Waals surface area contributed by atoms with Crippen molar-refractivity contribution in [2.45, 2.75) is 52.2 Å². The van der Waals surface area contributed by atoms with Gasteiger partial charge >= 0.3 is 12.0 Å². The van der Waals surface area contributed by atoms with Gasteiger partial charge in [-0.1, -0.05) is 44.2 Å². The molecule has 0 saturated carbocycles. The maximum Gasteiger partial charge on any atom is 0.408 e. The molecule has 1 aromatic rings. The summed E-state index contributed by atoms with van der Waals surface area (Å²) in [6.07, 6.45) is 0.539. The molecule has 2 unspecified atom stereocenters. The summed E-state index contributed by atoms with van der Waals surface area (Å²) in [5.74, 6) is -2.39. The van der Waals surface area contributed by atoms with Crippen LogP contribution in [0.25, 0.3) is 0 Å². The molecule has 0 aliphatic carbocycles. The van der Waals surface area contributed by atoms with Gasteiger partial charge in [-0.25, -0.2) is 10.3 Å². The number of hydrogen-bond donors (Lipinski definition) is 2. The van der Waals surface area contributed by atoms with Crippen LogP contribution in [-0.4, -0.2) is 36.2 Å². The lowest BCUT2D eigenvalue weighted by molar-refractivity contribution is -0.150. The number of carbonyl (C=O) groups is 4. The predicted molar refractivity (Wildman–Crippen MR) is 104 cm³/mol. The molecule has 8 heteroatoms. The summed E-state index contributed by atoms with van der Waals surface area (Å²) in [6, 6.07) is 8.43. The average molecular weight is 404 g/mol. The molecular formula is C21H28N2O6. The first-order chi connectivity index (χ1) is 13.9. The molecular weight excluding hydrogens is 376 g/mol. The fourth-order valence-electron chi connectivity index (χ4n) is 3.11. The molecule has 1 aliphatic heterocycles. The van der Waals surface area contributed by atoms with Gasteiger partial charge in [0.2, 0.25) is 5.78 Å².